The topological polar surface area (TPSA) is 90.2 Å². The molecule has 0 radical (unpaired) electrons. The number of nitriles is 1. The number of hydrogen-bond donors (Lipinski definition) is 2. The minimum atomic E-state index is -1.08. The summed E-state index contributed by atoms with van der Waals surface area (Å²) in [5.74, 6) is -1.43. The number of carbonyl (C=O) groups excluding carboxylic acids is 1. The summed E-state index contributed by atoms with van der Waals surface area (Å²) in [6, 6.07) is 8.96. The van der Waals surface area contributed by atoms with E-state index in [2.05, 4.69) is 5.32 Å². The van der Waals surface area contributed by atoms with Crippen LogP contribution in [0.1, 0.15) is 38.3 Å². The average Bonchev–Trinajstić information content (AvgIpc) is 2.44. The first-order valence-corrected chi connectivity index (χ1v) is 6.78. The van der Waals surface area contributed by atoms with E-state index < -0.39 is 11.4 Å². The Morgan fingerprint density at radius 1 is 1.43 bits per heavy atom. The highest BCUT2D eigenvalue weighted by atomic mass is 16.4. The van der Waals surface area contributed by atoms with Crippen molar-refractivity contribution in [2.24, 2.45) is 11.3 Å². The zero-order valence-corrected chi connectivity index (χ0v) is 12.5. The Labute approximate surface area is 124 Å². The molecule has 0 spiro atoms. The molecular formula is C16H20N2O3. The predicted molar refractivity (Wildman–Crippen MR) is 78.2 cm³/mol. The molecule has 2 N–H and O–H groups in total. The van der Waals surface area contributed by atoms with Crippen molar-refractivity contribution in [2.45, 2.75) is 33.7 Å². The minimum absolute atomic E-state index is 0.0715. The van der Waals surface area contributed by atoms with Gasteiger partial charge in [0.25, 0.3) is 0 Å². The first kappa shape index (κ1) is 16.7. The van der Waals surface area contributed by atoms with Crippen LogP contribution < -0.4 is 5.32 Å². The molecule has 0 aliphatic rings. The summed E-state index contributed by atoms with van der Waals surface area (Å²) in [6.45, 7) is 5.44. The van der Waals surface area contributed by atoms with E-state index in [9.17, 15) is 14.7 Å². The molecule has 0 fully saturated rings. The number of nitrogens with zero attached hydrogens (tertiary/aromatic N) is 1. The predicted octanol–water partition coefficient (Wildman–Crippen LogP) is 2.31. The van der Waals surface area contributed by atoms with Gasteiger partial charge in [0.2, 0.25) is 5.91 Å². The van der Waals surface area contributed by atoms with Crippen molar-refractivity contribution in [3.8, 4) is 6.07 Å². The summed E-state index contributed by atoms with van der Waals surface area (Å²) in [5.41, 5.74) is 0.252. The van der Waals surface area contributed by atoms with Gasteiger partial charge >= 0.3 is 5.97 Å². The minimum Gasteiger partial charge on any atom is -0.481 e. The van der Waals surface area contributed by atoms with Crippen molar-refractivity contribution in [1.82, 2.24) is 5.32 Å². The number of aliphatic carboxylic acids is 1. The second kappa shape index (κ2) is 6.89. The molecule has 1 atom stereocenters. The van der Waals surface area contributed by atoms with E-state index in [1.54, 1.807) is 45.0 Å². The molecule has 1 unspecified atom stereocenters. The smallest absolute Gasteiger partial charge is 0.310 e. The Hall–Kier alpha value is -2.35. The summed E-state index contributed by atoms with van der Waals surface area (Å²) in [5, 5.41) is 20.8. The van der Waals surface area contributed by atoms with E-state index in [-0.39, 0.29) is 24.8 Å². The molecule has 112 valence electrons. The van der Waals surface area contributed by atoms with Crippen LogP contribution in [0, 0.1) is 22.7 Å². The Balaban J connectivity index is 2.66. The zero-order valence-electron chi connectivity index (χ0n) is 12.5. The van der Waals surface area contributed by atoms with Crippen molar-refractivity contribution >= 4 is 11.9 Å². The number of hydrogen-bond acceptors (Lipinski definition) is 3. The van der Waals surface area contributed by atoms with Gasteiger partial charge in [-0.25, -0.2) is 0 Å². The SMILES string of the molecule is CC(C)C(C)(CC(=O)NCc1cccc(C#N)c1)C(=O)O. The molecule has 0 heterocycles. The van der Waals surface area contributed by atoms with Crippen LogP contribution in [0.4, 0.5) is 0 Å². The van der Waals surface area contributed by atoms with Gasteiger partial charge in [-0.05, 0) is 30.5 Å². The molecule has 0 saturated carbocycles. The van der Waals surface area contributed by atoms with Gasteiger partial charge in [-0.3, -0.25) is 9.59 Å². The number of amides is 1. The van der Waals surface area contributed by atoms with E-state index in [1.165, 1.54) is 0 Å². The molecule has 0 aliphatic carbocycles. The molecule has 0 saturated heterocycles. The van der Waals surface area contributed by atoms with Crippen LogP contribution in [0.2, 0.25) is 0 Å². The normalized spacial score (nSPS) is 13.3. The van der Waals surface area contributed by atoms with Gasteiger partial charge in [0.1, 0.15) is 0 Å². The summed E-state index contributed by atoms with van der Waals surface area (Å²) in [4.78, 5) is 23.3. The lowest BCUT2D eigenvalue weighted by molar-refractivity contribution is -0.153. The van der Waals surface area contributed by atoms with E-state index in [1.807, 2.05) is 6.07 Å². The van der Waals surface area contributed by atoms with Crippen LogP contribution in [0.3, 0.4) is 0 Å². The number of rotatable bonds is 6. The fraction of sp³-hybridized carbons (Fsp3) is 0.438. The fourth-order valence-electron chi connectivity index (χ4n) is 1.87. The molecule has 5 nitrogen and oxygen atoms in total. The van der Waals surface area contributed by atoms with Crippen LogP contribution >= 0.6 is 0 Å². The highest BCUT2D eigenvalue weighted by Crippen LogP contribution is 2.31. The molecule has 0 aliphatic heterocycles. The van der Waals surface area contributed by atoms with Crippen molar-refractivity contribution in [3.05, 3.63) is 35.4 Å². The van der Waals surface area contributed by atoms with E-state index in [0.717, 1.165) is 5.56 Å². The van der Waals surface area contributed by atoms with Crippen LogP contribution in [0.15, 0.2) is 24.3 Å². The molecule has 0 bridgehead atoms. The van der Waals surface area contributed by atoms with E-state index in [0.29, 0.717) is 5.56 Å². The van der Waals surface area contributed by atoms with Crippen molar-refractivity contribution in [3.63, 3.8) is 0 Å². The van der Waals surface area contributed by atoms with Gasteiger partial charge < -0.3 is 10.4 Å². The molecule has 1 aromatic carbocycles. The van der Waals surface area contributed by atoms with Crippen LogP contribution in [-0.2, 0) is 16.1 Å². The lowest BCUT2D eigenvalue weighted by atomic mass is 9.76. The molecule has 5 heteroatoms. The van der Waals surface area contributed by atoms with E-state index in [4.69, 9.17) is 5.26 Å². The summed E-state index contributed by atoms with van der Waals surface area (Å²) in [7, 11) is 0. The van der Waals surface area contributed by atoms with E-state index >= 15 is 0 Å². The maximum Gasteiger partial charge on any atom is 0.310 e. The van der Waals surface area contributed by atoms with Gasteiger partial charge in [-0.1, -0.05) is 26.0 Å². The molecule has 0 aromatic heterocycles. The van der Waals surface area contributed by atoms with Gasteiger partial charge in [-0.15, -0.1) is 0 Å². The first-order valence-electron chi connectivity index (χ1n) is 6.78. The lowest BCUT2D eigenvalue weighted by Gasteiger charge is -2.28. The quantitative estimate of drug-likeness (QED) is 0.840. The van der Waals surface area contributed by atoms with Gasteiger partial charge in [-0.2, -0.15) is 5.26 Å². The standard InChI is InChI=1S/C16H20N2O3/c1-11(2)16(3,15(20)21)8-14(19)18-10-13-6-4-5-12(7-13)9-17/h4-7,11H,8,10H2,1-3H3,(H,18,19)(H,20,21). The molecule has 21 heavy (non-hydrogen) atoms. The first-order chi connectivity index (χ1) is 9.79. The highest BCUT2D eigenvalue weighted by Gasteiger charge is 2.38. The molecule has 1 amide bonds. The van der Waals surface area contributed by atoms with Crippen molar-refractivity contribution in [2.75, 3.05) is 0 Å². The second-order valence-corrected chi connectivity index (χ2v) is 5.64. The number of carboxylic acids is 1. The zero-order chi connectivity index (χ0) is 16.0. The number of carboxylic acid groups (broad SMARTS) is 1. The monoisotopic (exact) mass is 288 g/mol. The highest BCUT2D eigenvalue weighted by molar-refractivity contribution is 5.84. The Morgan fingerprint density at radius 3 is 2.62 bits per heavy atom. The third-order valence-corrected chi connectivity index (χ3v) is 3.84. The largest absolute Gasteiger partial charge is 0.481 e. The lowest BCUT2D eigenvalue weighted by Crippen LogP contribution is -2.39. The van der Waals surface area contributed by atoms with Gasteiger partial charge in [0.15, 0.2) is 0 Å². The number of benzene rings is 1. The maximum absolute atomic E-state index is 12.0. The molecule has 1 rings (SSSR count). The van der Waals surface area contributed by atoms with Crippen LogP contribution in [-0.4, -0.2) is 17.0 Å². The number of nitrogens with one attached hydrogen (secondary N) is 1. The summed E-state index contributed by atoms with van der Waals surface area (Å²) < 4.78 is 0. The maximum atomic E-state index is 12.0. The third kappa shape index (κ3) is 4.32. The molecular weight excluding hydrogens is 268 g/mol. The Kier molecular flexibility index (Phi) is 5.48. The Morgan fingerprint density at radius 2 is 2.10 bits per heavy atom. The summed E-state index contributed by atoms with van der Waals surface area (Å²) >= 11 is 0. The Bertz CT molecular complexity index is 575. The van der Waals surface area contributed by atoms with Gasteiger partial charge in [0, 0.05) is 13.0 Å². The van der Waals surface area contributed by atoms with Crippen molar-refractivity contribution < 1.29 is 14.7 Å². The molecule has 1 aromatic rings. The summed E-state index contributed by atoms with van der Waals surface area (Å²) in [6.07, 6.45) is -0.0715. The fourth-order valence-corrected chi connectivity index (χ4v) is 1.87. The van der Waals surface area contributed by atoms with Crippen LogP contribution in [0.5, 0.6) is 0 Å². The van der Waals surface area contributed by atoms with Crippen LogP contribution in [0.25, 0.3) is 0 Å². The third-order valence-electron chi connectivity index (χ3n) is 3.84. The number of carbonyl (C=O) groups is 2. The second-order valence-electron chi connectivity index (χ2n) is 5.64. The average molecular weight is 288 g/mol. The van der Waals surface area contributed by atoms with Crippen molar-refractivity contribution in [1.29, 1.82) is 5.26 Å². The van der Waals surface area contributed by atoms with Gasteiger partial charge in [0.05, 0.1) is 17.0 Å².